The minimum Gasteiger partial charge on any atom is -0.410 e. The fourth-order valence-electron chi connectivity index (χ4n) is 4.10. The third kappa shape index (κ3) is 3.95. The summed E-state index contributed by atoms with van der Waals surface area (Å²) in [5.74, 6) is 0.165. The second-order valence-corrected chi connectivity index (χ2v) is 7.68. The molecule has 2 atom stereocenters. The van der Waals surface area contributed by atoms with Gasteiger partial charge in [0.25, 0.3) is 0 Å². The number of carbonyl (C=O) groups is 3. The van der Waals surface area contributed by atoms with Crippen molar-refractivity contribution in [3.63, 3.8) is 0 Å². The molecule has 2 aliphatic rings. The molecule has 4 rings (SSSR count). The number of unbranched alkanes of at least 4 members (excludes halogenated alkanes) is 1. The Kier molecular flexibility index (Phi) is 5.85. The van der Waals surface area contributed by atoms with Gasteiger partial charge in [-0.25, -0.2) is 4.79 Å². The SMILES string of the molecule is NCCCC[C@@H]1NC(=O)[C@H]2CN(C(=O)Oc3cccc4ccccc34)CCN2C1=O. The smallest absolute Gasteiger partial charge is 0.410 e. The van der Waals surface area contributed by atoms with Crippen LogP contribution in [0.1, 0.15) is 19.3 Å². The molecule has 2 aromatic rings. The van der Waals surface area contributed by atoms with Crippen LogP contribution >= 0.6 is 0 Å². The van der Waals surface area contributed by atoms with Gasteiger partial charge in [0.05, 0.1) is 6.54 Å². The highest BCUT2D eigenvalue weighted by Gasteiger charge is 2.44. The summed E-state index contributed by atoms with van der Waals surface area (Å²) in [4.78, 5) is 41.2. The first-order valence-electron chi connectivity index (χ1n) is 10.3. The number of nitrogens with two attached hydrogens (primary N) is 1. The van der Waals surface area contributed by atoms with E-state index in [0.29, 0.717) is 31.8 Å². The van der Waals surface area contributed by atoms with Gasteiger partial charge in [0.1, 0.15) is 17.8 Å². The molecule has 0 aliphatic carbocycles. The van der Waals surface area contributed by atoms with E-state index in [-0.39, 0.29) is 18.4 Å². The second kappa shape index (κ2) is 8.71. The predicted molar refractivity (Wildman–Crippen MR) is 112 cm³/mol. The summed E-state index contributed by atoms with van der Waals surface area (Å²) in [7, 11) is 0. The predicted octanol–water partition coefficient (Wildman–Crippen LogP) is 1.48. The van der Waals surface area contributed by atoms with Crippen molar-refractivity contribution in [2.75, 3.05) is 26.2 Å². The lowest BCUT2D eigenvalue weighted by Crippen LogP contribution is -2.69. The van der Waals surface area contributed by atoms with Crippen molar-refractivity contribution in [2.24, 2.45) is 5.73 Å². The summed E-state index contributed by atoms with van der Waals surface area (Å²) in [6.07, 6.45) is 1.67. The van der Waals surface area contributed by atoms with Crippen molar-refractivity contribution >= 4 is 28.7 Å². The molecule has 0 saturated carbocycles. The lowest BCUT2D eigenvalue weighted by molar-refractivity contribution is -0.152. The van der Waals surface area contributed by atoms with Gasteiger partial charge < -0.3 is 25.6 Å². The lowest BCUT2D eigenvalue weighted by Gasteiger charge is -2.44. The van der Waals surface area contributed by atoms with Crippen molar-refractivity contribution in [1.29, 1.82) is 0 Å². The highest BCUT2D eigenvalue weighted by atomic mass is 16.6. The van der Waals surface area contributed by atoms with Gasteiger partial charge in [-0.2, -0.15) is 0 Å². The van der Waals surface area contributed by atoms with Crippen LogP contribution in [0.15, 0.2) is 42.5 Å². The van der Waals surface area contributed by atoms with Crippen molar-refractivity contribution in [3.05, 3.63) is 42.5 Å². The van der Waals surface area contributed by atoms with Crippen LogP contribution in [0.4, 0.5) is 4.79 Å². The van der Waals surface area contributed by atoms with E-state index < -0.39 is 18.2 Å². The van der Waals surface area contributed by atoms with Crippen LogP contribution in [0.3, 0.4) is 0 Å². The fraction of sp³-hybridized carbons (Fsp3) is 0.409. The molecule has 8 nitrogen and oxygen atoms in total. The molecule has 3 amide bonds. The number of piperazine rings is 2. The van der Waals surface area contributed by atoms with Crippen molar-refractivity contribution < 1.29 is 19.1 Å². The van der Waals surface area contributed by atoms with Gasteiger partial charge in [0.15, 0.2) is 0 Å². The van der Waals surface area contributed by atoms with E-state index >= 15 is 0 Å². The number of amides is 3. The number of nitrogens with one attached hydrogen (secondary N) is 1. The van der Waals surface area contributed by atoms with Crippen LogP contribution in [-0.2, 0) is 9.59 Å². The van der Waals surface area contributed by atoms with Crippen LogP contribution in [-0.4, -0.2) is 66.0 Å². The lowest BCUT2D eigenvalue weighted by atomic mass is 10.0. The van der Waals surface area contributed by atoms with Gasteiger partial charge >= 0.3 is 6.09 Å². The first kappa shape index (κ1) is 20.2. The fourth-order valence-corrected chi connectivity index (χ4v) is 4.10. The number of carbonyl (C=O) groups excluding carboxylic acids is 3. The van der Waals surface area contributed by atoms with Crippen molar-refractivity contribution in [3.8, 4) is 5.75 Å². The minimum absolute atomic E-state index is 0.0845. The molecule has 2 fully saturated rings. The van der Waals surface area contributed by atoms with Crippen LogP contribution in [0.2, 0.25) is 0 Å². The van der Waals surface area contributed by atoms with Crippen LogP contribution in [0.5, 0.6) is 5.75 Å². The topological polar surface area (TPSA) is 105 Å². The summed E-state index contributed by atoms with van der Waals surface area (Å²) in [6, 6.07) is 12.0. The van der Waals surface area contributed by atoms with E-state index in [0.717, 1.165) is 23.6 Å². The average molecular weight is 410 g/mol. The molecule has 3 N–H and O–H groups in total. The Morgan fingerprint density at radius 3 is 2.73 bits per heavy atom. The minimum atomic E-state index is -0.683. The Labute approximate surface area is 174 Å². The van der Waals surface area contributed by atoms with Gasteiger partial charge in [-0.05, 0) is 37.3 Å². The first-order chi connectivity index (χ1) is 14.6. The highest BCUT2D eigenvalue weighted by Crippen LogP contribution is 2.26. The number of hydrogen-bond acceptors (Lipinski definition) is 5. The maximum Gasteiger partial charge on any atom is 0.415 e. The first-order valence-corrected chi connectivity index (χ1v) is 10.3. The Hall–Kier alpha value is -3.13. The monoisotopic (exact) mass is 410 g/mol. The van der Waals surface area contributed by atoms with Crippen molar-refractivity contribution in [1.82, 2.24) is 15.1 Å². The van der Waals surface area contributed by atoms with E-state index in [1.807, 2.05) is 36.4 Å². The number of ether oxygens (including phenoxy) is 1. The van der Waals surface area contributed by atoms with Crippen LogP contribution in [0.25, 0.3) is 10.8 Å². The summed E-state index contributed by atoms with van der Waals surface area (Å²) < 4.78 is 5.64. The van der Waals surface area contributed by atoms with Crippen molar-refractivity contribution in [2.45, 2.75) is 31.3 Å². The Morgan fingerprint density at radius 2 is 1.90 bits per heavy atom. The highest BCUT2D eigenvalue weighted by molar-refractivity contribution is 5.97. The average Bonchev–Trinajstić information content (AvgIpc) is 2.77. The summed E-state index contributed by atoms with van der Waals surface area (Å²) >= 11 is 0. The van der Waals surface area contributed by atoms with Gasteiger partial charge in [-0.3, -0.25) is 9.59 Å². The van der Waals surface area contributed by atoms with Gasteiger partial charge in [0.2, 0.25) is 11.8 Å². The molecule has 8 heteroatoms. The molecule has 0 bridgehead atoms. The molecule has 0 unspecified atom stereocenters. The molecule has 0 aromatic heterocycles. The number of hydrogen-bond donors (Lipinski definition) is 2. The molecule has 158 valence electrons. The molecule has 0 spiro atoms. The normalized spacial score (nSPS) is 21.4. The third-order valence-electron chi connectivity index (χ3n) is 5.73. The largest absolute Gasteiger partial charge is 0.415 e. The van der Waals surface area contributed by atoms with E-state index in [4.69, 9.17) is 10.5 Å². The zero-order valence-electron chi connectivity index (χ0n) is 16.8. The van der Waals surface area contributed by atoms with E-state index in [9.17, 15) is 14.4 Å². The van der Waals surface area contributed by atoms with E-state index in [1.165, 1.54) is 4.90 Å². The Balaban J connectivity index is 1.42. The molecular formula is C22H26N4O4. The van der Waals surface area contributed by atoms with Gasteiger partial charge in [-0.15, -0.1) is 0 Å². The Bertz CT molecular complexity index is 958. The molecule has 0 radical (unpaired) electrons. The summed E-state index contributed by atoms with van der Waals surface area (Å²) in [6.45, 7) is 1.33. The van der Waals surface area contributed by atoms with E-state index in [2.05, 4.69) is 5.32 Å². The molecule has 2 aromatic carbocycles. The molecule has 30 heavy (non-hydrogen) atoms. The molecule has 2 aliphatic heterocycles. The van der Waals surface area contributed by atoms with Crippen LogP contribution in [0, 0.1) is 0 Å². The molecule has 2 saturated heterocycles. The Morgan fingerprint density at radius 1 is 1.10 bits per heavy atom. The zero-order chi connectivity index (χ0) is 21.1. The maximum atomic E-state index is 12.8. The van der Waals surface area contributed by atoms with Gasteiger partial charge in [-0.1, -0.05) is 36.4 Å². The molecular weight excluding hydrogens is 384 g/mol. The quantitative estimate of drug-likeness (QED) is 0.727. The number of fused-ring (bicyclic) bond motifs is 2. The summed E-state index contributed by atoms with van der Waals surface area (Å²) in [5, 5.41) is 4.63. The number of rotatable bonds is 5. The maximum absolute atomic E-state index is 12.8. The van der Waals surface area contributed by atoms with Gasteiger partial charge in [0, 0.05) is 18.5 Å². The van der Waals surface area contributed by atoms with E-state index in [1.54, 1.807) is 11.0 Å². The summed E-state index contributed by atoms with van der Waals surface area (Å²) in [5.41, 5.74) is 5.51. The standard InChI is InChI=1S/C22H26N4O4/c23-11-4-3-9-17-21(28)26-13-12-25(14-18(26)20(27)24-17)22(29)30-19-10-5-7-15-6-1-2-8-16(15)19/h1-2,5-8,10,17-18H,3-4,9,11-14,23H2,(H,24,27)/t17-,18+/m0/s1. The molecule has 2 heterocycles. The van der Waals surface area contributed by atoms with Crippen LogP contribution < -0.4 is 15.8 Å². The second-order valence-electron chi connectivity index (χ2n) is 7.68. The zero-order valence-corrected chi connectivity index (χ0v) is 16.8. The third-order valence-corrected chi connectivity index (χ3v) is 5.73. The number of nitrogens with zero attached hydrogens (tertiary/aromatic N) is 2. The number of benzene rings is 2.